The van der Waals surface area contributed by atoms with Crippen molar-refractivity contribution in [2.45, 2.75) is 32.3 Å². The number of halogens is 2. The van der Waals surface area contributed by atoms with E-state index in [0.29, 0.717) is 18.5 Å². The minimum Gasteiger partial charge on any atom is -0.508 e. The van der Waals surface area contributed by atoms with Crippen LogP contribution < -0.4 is 0 Å². The first-order valence-electron chi connectivity index (χ1n) is 9.54. The van der Waals surface area contributed by atoms with Crippen molar-refractivity contribution in [3.63, 3.8) is 0 Å². The van der Waals surface area contributed by atoms with Gasteiger partial charge in [0.25, 0.3) is 0 Å². The highest BCUT2D eigenvalue weighted by Crippen LogP contribution is 2.28. The van der Waals surface area contributed by atoms with Gasteiger partial charge in [0.05, 0.1) is 11.8 Å². The summed E-state index contributed by atoms with van der Waals surface area (Å²) < 4.78 is 29.0. The summed E-state index contributed by atoms with van der Waals surface area (Å²) in [5.41, 5.74) is 2.31. The van der Waals surface area contributed by atoms with Crippen LogP contribution in [0.3, 0.4) is 0 Å². The fourth-order valence-corrected chi connectivity index (χ4v) is 3.01. The lowest BCUT2D eigenvalue weighted by molar-refractivity contribution is 0.182. The molecule has 0 aliphatic heterocycles. The summed E-state index contributed by atoms with van der Waals surface area (Å²) in [5.74, 6) is -1.66. The van der Waals surface area contributed by atoms with Crippen LogP contribution in [0.2, 0.25) is 0 Å². The third-order valence-electron chi connectivity index (χ3n) is 4.64. The van der Waals surface area contributed by atoms with E-state index in [0.717, 1.165) is 17.5 Å². The van der Waals surface area contributed by atoms with E-state index in [1.165, 1.54) is 12.1 Å². The molecule has 1 atom stereocenters. The first-order valence-corrected chi connectivity index (χ1v) is 9.54. The maximum atomic E-state index is 14.6. The molecule has 3 aromatic rings. The average molecular weight is 395 g/mol. The molecule has 3 rings (SSSR count). The van der Waals surface area contributed by atoms with Crippen molar-refractivity contribution < 1.29 is 19.0 Å². The lowest BCUT2D eigenvalue weighted by Crippen LogP contribution is -1.97. The Kier molecular flexibility index (Phi) is 6.73. The second-order valence-electron chi connectivity index (χ2n) is 6.99. The molecule has 0 fully saturated rings. The molecular weight excluding hydrogens is 372 g/mol. The Hall–Kier alpha value is -3.05. The number of hydrogen-bond acceptors (Lipinski definition) is 3. The van der Waals surface area contributed by atoms with Crippen LogP contribution in [0.25, 0.3) is 28.5 Å². The van der Waals surface area contributed by atoms with Gasteiger partial charge in [-0.25, -0.2) is 8.78 Å². The van der Waals surface area contributed by atoms with Crippen LogP contribution in [0.4, 0.5) is 8.78 Å². The molecule has 0 bridgehead atoms. The number of rotatable bonds is 7. The number of phenolic OH excluding ortho intramolecular Hbond substituents is 1. The molecular formula is C24H23F2NO2. The summed E-state index contributed by atoms with van der Waals surface area (Å²) in [7, 11) is 0. The summed E-state index contributed by atoms with van der Waals surface area (Å²) in [4.78, 5) is 4.27. The lowest BCUT2D eigenvalue weighted by atomic mass is 10.0. The number of allylic oxidation sites excluding steroid dienone is 1. The maximum Gasteiger partial charge on any atom is 0.168 e. The van der Waals surface area contributed by atoms with E-state index in [2.05, 4.69) is 4.98 Å². The van der Waals surface area contributed by atoms with Gasteiger partial charge in [0.2, 0.25) is 0 Å². The van der Waals surface area contributed by atoms with Gasteiger partial charge < -0.3 is 10.2 Å². The van der Waals surface area contributed by atoms with E-state index in [1.54, 1.807) is 61.7 Å². The Morgan fingerprint density at radius 1 is 0.966 bits per heavy atom. The molecule has 1 unspecified atom stereocenters. The Morgan fingerprint density at radius 3 is 2.34 bits per heavy atom. The Balaban J connectivity index is 1.76. The number of aromatic hydroxyl groups is 1. The zero-order valence-electron chi connectivity index (χ0n) is 16.1. The number of unbranched alkanes of at least 4 members (excludes halogenated alkanes) is 1. The summed E-state index contributed by atoms with van der Waals surface area (Å²) in [6.07, 6.45) is 6.73. The van der Waals surface area contributed by atoms with Gasteiger partial charge in [-0.2, -0.15) is 0 Å². The van der Waals surface area contributed by atoms with Crippen LogP contribution in [0, 0.1) is 11.6 Å². The first-order chi connectivity index (χ1) is 14.0. The molecule has 0 aliphatic carbocycles. The number of aliphatic hydroxyl groups excluding tert-OH is 1. The first kappa shape index (κ1) is 20.7. The minimum atomic E-state index is -0.930. The maximum absolute atomic E-state index is 14.6. The van der Waals surface area contributed by atoms with Gasteiger partial charge in [-0.15, -0.1) is 0 Å². The number of nitrogens with zero attached hydrogens (tertiary/aromatic N) is 1. The number of phenols is 1. The van der Waals surface area contributed by atoms with Crippen LogP contribution >= 0.6 is 0 Å². The van der Waals surface area contributed by atoms with Crippen molar-refractivity contribution in [1.82, 2.24) is 4.98 Å². The summed E-state index contributed by atoms with van der Waals surface area (Å²) in [6, 6.07) is 13.2. The molecule has 0 spiro atoms. The predicted octanol–water partition coefficient (Wildman–Crippen LogP) is 5.96. The Morgan fingerprint density at radius 2 is 1.69 bits per heavy atom. The Bertz CT molecular complexity index is 981. The van der Waals surface area contributed by atoms with Crippen LogP contribution in [0.15, 0.2) is 60.8 Å². The summed E-state index contributed by atoms with van der Waals surface area (Å²) >= 11 is 0. The smallest absolute Gasteiger partial charge is 0.168 e. The number of aromatic nitrogens is 1. The molecule has 1 aromatic heterocycles. The molecule has 0 radical (unpaired) electrons. The van der Waals surface area contributed by atoms with Crippen LogP contribution in [-0.2, 0) is 0 Å². The third-order valence-corrected chi connectivity index (χ3v) is 4.64. The second-order valence-corrected chi connectivity index (χ2v) is 6.99. The summed E-state index contributed by atoms with van der Waals surface area (Å²) in [5, 5.41) is 18.6. The van der Waals surface area contributed by atoms with Crippen molar-refractivity contribution >= 4 is 6.08 Å². The molecule has 2 N–H and O–H groups in total. The van der Waals surface area contributed by atoms with Gasteiger partial charge >= 0.3 is 0 Å². The molecule has 3 nitrogen and oxygen atoms in total. The van der Waals surface area contributed by atoms with E-state index in [4.69, 9.17) is 0 Å². The predicted molar refractivity (Wildman–Crippen MR) is 111 cm³/mol. The van der Waals surface area contributed by atoms with Crippen LogP contribution in [0.5, 0.6) is 5.75 Å². The van der Waals surface area contributed by atoms with Crippen molar-refractivity contribution in [2.75, 3.05) is 0 Å². The number of hydrogen-bond donors (Lipinski definition) is 2. The van der Waals surface area contributed by atoms with Gasteiger partial charge in [-0.1, -0.05) is 36.4 Å². The van der Waals surface area contributed by atoms with Gasteiger partial charge in [0.15, 0.2) is 11.6 Å². The fourth-order valence-electron chi connectivity index (χ4n) is 3.01. The van der Waals surface area contributed by atoms with Gasteiger partial charge in [-0.05, 0) is 56.0 Å². The van der Waals surface area contributed by atoms with Crippen molar-refractivity contribution in [2.24, 2.45) is 0 Å². The minimum absolute atomic E-state index is 0.103. The number of aliphatic hydroxyl groups is 1. The number of benzene rings is 2. The quantitative estimate of drug-likeness (QED) is 0.485. The van der Waals surface area contributed by atoms with Gasteiger partial charge in [-0.3, -0.25) is 4.98 Å². The van der Waals surface area contributed by atoms with Gasteiger partial charge in [0.1, 0.15) is 5.75 Å². The highest BCUT2D eigenvalue weighted by Gasteiger charge is 2.14. The monoisotopic (exact) mass is 395 g/mol. The van der Waals surface area contributed by atoms with Crippen molar-refractivity contribution in [3.8, 4) is 28.1 Å². The highest BCUT2D eigenvalue weighted by molar-refractivity contribution is 5.68. The molecule has 0 saturated heterocycles. The molecule has 1 heterocycles. The topological polar surface area (TPSA) is 53.4 Å². The van der Waals surface area contributed by atoms with E-state index < -0.39 is 11.6 Å². The Labute approximate surface area is 169 Å². The molecule has 150 valence electrons. The fraction of sp³-hybridized carbons (Fsp3) is 0.208. The van der Waals surface area contributed by atoms with Gasteiger partial charge in [0, 0.05) is 22.9 Å². The van der Waals surface area contributed by atoms with Crippen LogP contribution in [0.1, 0.15) is 31.7 Å². The molecule has 2 aromatic carbocycles. The SMILES string of the molecule is CC(O)CCC/C=C/c1ccc(-c2ccc(-c3ccc(O)cc3)cn2)c(F)c1F. The highest BCUT2D eigenvalue weighted by atomic mass is 19.2. The average Bonchev–Trinajstić information content (AvgIpc) is 2.71. The molecule has 0 saturated carbocycles. The zero-order valence-corrected chi connectivity index (χ0v) is 16.1. The van der Waals surface area contributed by atoms with Crippen molar-refractivity contribution in [1.29, 1.82) is 0 Å². The largest absolute Gasteiger partial charge is 0.508 e. The molecule has 29 heavy (non-hydrogen) atoms. The standard InChI is InChI=1S/C24H23F2NO2/c1-16(28)5-3-2-4-6-18-9-13-21(24(26)23(18)25)22-14-10-19(15-27-22)17-7-11-20(29)12-8-17/h4,6-16,28-29H,2-3,5H2,1H3/b6-4+. The van der Waals surface area contributed by atoms with E-state index in [1.807, 2.05) is 0 Å². The normalized spacial score (nSPS) is 12.4. The second kappa shape index (κ2) is 9.43. The molecule has 5 heteroatoms. The van der Waals surface area contributed by atoms with E-state index in [-0.39, 0.29) is 23.0 Å². The summed E-state index contributed by atoms with van der Waals surface area (Å²) in [6.45, 7) is 1.72. The number of pyridine rings is 1. The third kappa shape index (κ3) is 5.27. The van der Waals surface area contributed by atoms with E-state index >= 15 is 0 Å². The molecule has 0 amide bonds. The van der Waals surface area contributed by atoms with Crippen LogP contribution in [-0.4, -0.2) is 21.3 Å². The van der Waals surface area contributed by atoms with E-state index in [9.17, 15) is 19.0 Å². The molecule has 0 aliphatic rings. The van der Waals surface area contributed by atoms with Crippen molar-refractivity contribution in [3.05, 3.63) is 78.0 Å². The zero-order chi connectivity index (χ0) is 20.8. The lowest BCUT2D eigenvalue weighted by Gasteiger charge is -2.08.